The van der Waals surface area contributed by atoms with Gasteiger partial charge in [-0.2, -0.15) is 0 Å². The SMILES string of the molecule is CCCN1CCN(Cc2cc(F)c(O)c(F)c2)CC1. The van der Waals surface area contributed by atoms with Crippen molar-refractivity contribution in [2.75, 3.05) is 32.7 Å². The predicted molar refractivity (Wildman–Crippen MR) is 70.0 cm³/mol. The number of aromatic hydroxyl groups is 1. The summed E-state index contributed by atoms with van der Waals surface area (Å²) >= 11 is 0. The zero-order chi connectivity index (χ0) is 13.8. The van der Waals surface area contributed by atoms with Crippen LogP contribution in [-0.4, -0.2) is 47.6 Å². The lowest BCUT2D eigenvalue weighted by atomic mass is 10.1. The molecule has 1 saturated heterocycles. The van der Waals surface area contributed by atoms with E-state index >= 15 is 0 Å². The van der Waals surface area contributed by atoms with Gasteiger partial charge in [0.25, 0.3) is 0 Å². The molecule has 0 bridgehead atoms. The van der Waals surface area contributed by atoms with E-state index in [1.807, 2.05) is 0 Å². The molecule has 0 saturated carbocycles. The number of hydrogen-bond acceptors (Lipinski definition) is 3. The molecular formula is C14H20F2N2O. The van der Waals surface area contributed by atoms with E-state index in [0.717, 1.165) is 39.1 Å². The Balaban J connectivity index is 1.92. The summed E-state index contributed by atoms with van der Waals surface area (Å²) < 4.78 is 26.5. The maximum absolute atomic E-state index is 13.2. The van der Waals surface area contributed by atoms with Gasteiger partial charge in [-0.3, -0.25) is 4.90 Å². The standard InChI is InChI=1S/C14H20F2N2O/c1-2-3-17-4-6-18(7-5-17)10-11-8-12(15)14(19)13(16)9-11/h8-9,19H,2-7,10H2,1H3. The van der Waals surface area contributed by atoms with E-state index in [1.54, 1.807) is 0 Å². The largest absolute Gasteiger partial charge is 0.503 e. The number of halogens is 2. The Morgan fingerprint density at radius 1 is 1.05 bits per heavy atom. The molecule has 0 radical (unpaired) electrons. The average Bonchev–Trinajstić information content (AvgIpc) is 2.38. The van der Waals surface area contributed by atoms with Gasteiger partial charge in [0.2, 0.25) is 0 Å². The van der Waals surface area contributed by atoms with Gasteiger partial charge >= 0.3 is 0 Å². The maximum atomic E-state index is 13.2. The first kappa shape index (κ1) is 14.2. The first-order chi connectivity index (χ1) is 9.10. The van der Waals surface area contributed by atoms with Gasteiger partial charge in [0.05, 0.1) is 0 Å². The molecule has 0 amide bonds. The number of hydrogen-bond donors (Lipinski definition) is 1. The van der Waals surface area contributed by atoms with Gasteiger partial charge in [0, 0.05) is 32.7 Å². The number of phenolic OH excluding ortho intramolecular Hbond substituents is 1. The number of nitrogens with zero attached hydrogens (tertiary/aromatic N) is 2. The van der Waals surface area contributed by atoms with Crippen molar-refractivity contribution in [3.05, 3.63) is 29.3 Å². The summed E-state index contributed by atoms with van der Waals surface area (Å²) in [7, 11) is 0. The van der Waals surface area contributed by atoms with Crippen LogP contribution in [0.1, 0.15) is 18.9 Å². The number of phenols is 1. The van der Waals surface area contributed by atoms with Crippen LogP contribution in [-0.2, 0) is 6.54 Å². The Hall–Kier alpha value is -1.20. The molecule has 1 heterocycles. The monoisotopic (exact) mass is 270 g/mol. The third-order valence-electron chi connectivity index (χ3n) is 3.49. The normalized spacial score (nSPS) is 17.8. The third-order valence-corrected chi connectivity index (χ3v) is 3.49. The fraction of sp³-hybridized carbons (Fsp3) is 0.571. The predicted octanol–water partition coefficient (Wildman–Crippen LogP) is 2.20. The Bertz CT molecular complexity index is 408. The van der Waals surface area contributed by atoms with Gasteiger partial charge < -0.3 is 10.0 Å². The topological polar surface area (TPSA) is 26.7 Å². The second kappa shape index (κ2) is 6.30. The molecule has 1 N–H and O–H groups in total. The van der Waals surface area contributed by atoms with E-state index in [1.165, 1.54) is 12.1 Å². The highest BCUT2D eigenvalue weighted by Gasteiger charge is 2.17. The number of piperazine rings is 1. The molecule has 5 heteroatoms. The summed E-state index contributed by atoms with van der Waals surface area (Å²) in [5.74, 6) is -2.67. The van der Waals surface area contributed by atoms with E-state index in [2.05, 4.69) is 16.7 Å². The highest BCUT2D eigenvalue weighted by atomic mass is 19.1. The molecule has 3 nitrogen and oxygen atoms in total. The van der Waals surface area contributed by atoms with Crippen molar-refractivity contribution in [3.63, 3.8) is 0 Å². The zero-order valence-electron chi connectivity index (χ0n) is 11.2. The highest BCUT2D eigenvalue weighted by molar-refractivity contribution is 5.30. The Labute approximate surface area is 112 Å². The van der Waals surface area contributed by atoms with Gasteiger partial charge in [0.15, 0.2) is 17.4 Å². The van der Waals surface area contributed by atoms with E-state index in [9.17, 15) is 8.78 Å². The van der Waals surface area contributed by atoms with Crippen LogP contribution in [0, 0.1) is 11.6 Å². The minimum Gasteiger partial charge on any atom is -0.503 e. The second-order valence-electron chi connectivity index (χ2n) is 5.03. The van der Waals surface area contributed by atoms with Crippen LogP contribution < -0.4 is 0 Å². The molecule has 2 rings (SSSR count). The Morgan fingerprint density at radius 3 is 2.11 bits per heavy atom. The third kappa shape index (κ3) is 3.64. The highest BCUT2D eigenvalue weighted by Crippen LogP contribution is 2.22. The molecule has 1 aliphatic heterocycles. The molecule has 0 unspecified atom stereocenters. The smallest absolute Gasteiger partial charge is 0.187 e. The first-order valence-electron chi connectivity index (χ1n) is 6.71. The summed E-state index contributed by atoms with van der Waals surface area (Å²) in [6.45, 7) is 7.60. The lowest BCUT2D eigenvalue weighted by molar-refractivity contribution is 0.127. The van der Waals surface area contributed by atoms with E-state index in [-0.39, 0.29) is 0 Å². The fourth-order valence-corrected chi connectivity index (χ4v) is 2.45. The second-order valence-corrected chi connectivity index (χ2v) is 5.03. The van der Waals surface area contributed by atoms with Crippen LogP contribution >= 0.6 is 0 Å². The summed E-state index contributed by atoms with van der Waals surface area (Å²) in [6.07, 6.45) is 1.15. The van der Waals surface area contributed by atoms with Crippen LogP contribution in [0.15, 0.2) is 12.1 Å². The Kier molecular flexibility index (Phi) is 4.71. The number of rotatable bonds is 4. The van der Waals surface area contributed by atoms with E-state index < -0.39 is 17.4 Å². The van der Waals surface area contributed by atoms with E-state index in [0.29, 0.717) is 12.1 Å². The zero-order valence-corrected chi connectivity index (χ0v) is 11.2. The quantitative estimate of drug-likeness (QED) is 0.908. The number of benzene rings is 1. The minimum atomic E-state index is -0.892. The molecule has 1 aliphatic rings. The summed E-state index contributed by atoms with van der Waals surface area (Å²) in [4.78, 5) is 4.58. The van der Waals surface area contributed by atoms with E-state index in [4.69, 9.17) is 5.11 Å². The van der Waals surface area contributed by atoms with Crippen molar-refractivity contribution in [3.8, 4) is 5.75 Å². The summed E-state index contributed by atoms with van der Waals surface area (Å²) in [5.41, 5.74) is 0.566. The molecule has 106 valence electrons. The first-order valence-corrected chi connectivity index (χ1v) is 6.71. The van der Waals surface area contributed by atoms with Crippen molar-refractivity contribution < 1.29 is 13.9 Å². The van der Waals surface area contributed by atoms with Crippen LogP contribution in [0.4, 0.5) is 8.78 Å². The molecule has 1 aromatic rings. The van der Waals surface area contributed by atoms with Gasteiger partial charge in [-0.15, -0.1) is 0 Å². The lowest BCUT2D eigenvalue weighted by Crippen LogP contribution is -2.45. The van der Waals surface area contributed by atoms with Gasteiger partial charge in [-0.05, 0) is 30.7 Å². The average molecular weight is 270 g/mol. The molecule has 0 atom stereocenters. The molecule has 0 aliphatic carbocycles. The van der Waals surface area contributed by atoms with Crippen molar-refractivity contribution in [2.24, 2.45) is 0 Å². The molecule has 1 aromatic carbocycles. The summed E-state index contributed by atoms with van der Waals surface area (Å²) in [5, 5.41) is 9.06. The van der Waals surface area contributed by atoms with Gasteiger partial charge in [0.1, 0.15) is 0 Å². The van der Waals surface area contributed by atoms with Crippen LogP contribution in [0.3, 0.4) is 0 Å². The summed E-state index contributed by atoms with van der Waals surface area (Å²) in [6, 6.07) is 2.41. The van der Waals surface area contributed by atoms with Crippen molar-refractivity contribution in [1.29, 1.82) is 0 Å². The van der Waals surface area contributed by atoms with Crippen LogP contribution in [0.25, 0.3) is 0 Å². The fourth-order valence-electron chi connectivity index (χ4n) is 2.45. The molecule has 0 spiro atoms. The maximum Gasteiger partial charge on any atom is 0.187 e. The van der Waals surface area contributed by atoms with Crippen molar-refractivity contribution in [2.45, 2.75) is 19.9 Å². The minimum absolute atomic E-state index is 0.522. The van der Waals surface area contributed by atoms with Crippen molar-refractivity contribution >= 4 is 0 Å². The van der Waals surface area contributed by atoms with Crippen LogP contribution in [0.5, 0.6) is 5.75 Å². The molecule has 0 aromatic heterocycles. The van der Waals surface area contributed by atoms with Gasteiger partial charge in [-0.1, -0.05) is 6.92 Å². The molecule has 19 heavy (non-hydrogen) atoms. The Morgan fingerprint density at radius 2 is 1.58 bits per heavy atom. The molecule has 1 fully saturated rings. The van der Waals surface area contributed by atoms with Crippen LogP contribution in [0.2, 0.25) is 0 Å². The van der Waals surface area contributed by atoms with Crippen molar-refractivity contribution in [1.82, 2.24) is 9.80 Å². The van der Waals surface area contributed by atoms with Gasteiger partial charge in [-0.25, -0.2) is 8.78 Å². The molecular weight excluding hydrogens is 250 g/mol. The lowest BCUT2D eigenvalue weighted by Gasteiger charge is -2.34.